The second-order valence-corrected chi connectivity index (χ2v) is 7.09. The second-order valence-electron chi connectivity index (χ2n) is 5.66. The summed E-state index contributed by atoms with van der Waals surface area (Å²) in [5, 5.41) is 0.683. The minimum absolute atomic E-state index is 0.0424. The van der Waals surface area contributed by atoms with E-state index in [9.17, 15) is 9.59 Å². The fraction of sp³-hybridized carbons (Fsp3) is 0.300. The van der Waals surface area contributed by atoms with Crippen molar-refractivity contribution in [3.63, 3.8) is 0 Å². The van der Waals surface area contributed by atoms with E-state index in [-0.39, 0.29) is 12.5 Å². The molecule has 2 rings (SSSR count). The summed E-state index contributed by atoms with van der Waals surface area (Å²) in [4.78, 5) is 26.0. The topological polar surface area (TPSA) is 46.6 Å². The number of hydrogen-bond acceptors (Lipinski definition) is 4. The quantitative estimate of drug-likeness (QED) is 0.602. The predicted octanol–water partition coefficient (Wildman–Crippen LogP) is 4.17. The Labute approximate surface area is 163 Å². The van der Waals surface area contributed by atoms with Crippen molar-refractivity contribution >= 4 is 35.2 Å². The number of carbonyl (C=O) groups is 2. The summed E-state index contributed by atoms with van der Waals surface area (Å²) in [6, 6.07) is 17.2. The fourth-order valence-corrected chi connectivity index (χ4v) is 3.46. The van der Waals surface area contributed by atoms with E-state index in [0.717, 1.165) is 11.1 Å². The normalized spacial score (nSPS) is 10.4. The van der Waals surface area contributed by atoms with Gasteiger partial charge >= 0.3 is 5.97 Å². The Hall–Kier alpha value is -1.98. The lowest BCUT2D eigenvalue weighted by Crippen LogP contribution is -2.37. The lowest BCUT2D eigenvalue weighted by Gasteiger charge is -2.22. The van der Waals surface area contributed by atoms with Gasteiger partial charge in [-0.15, -0.1) is 11.8 Å². The van der Waals surface area contributed by atoms with Gasteiger partial charge in [0.15, 0.2) is 0 Å². The Morgan fingerprint density at radius 2 is 1.81 bits per heavy atom. The molecule has 0 spiro atoms. The standard InChI is InChI=1S/C20H22ClNO3S/c1-2-25-20(24)13-22(12-16-7-4-3-5-8-16)19(23)15-26-14-17-9-6-10-18(21)11-17/h3-11H,2,12-15H2,1H3. The third kappa shape index (κ3) is 7.10. The summed E-state index contributed by atoms with van der Waals surface area (Å²) in [6.45, 7) is 2.40. The van der Waals surface area contributed by atoms with Crippen LogP contribution < -0.4 is 0 Å². The van der Waals surface area contributed by atoms with Gasteiger partial charge in [-0.1, -0.05) is 54.1 Å². The fourth-order valence-electron chi connectivity index (χ4n) is 2.37. The summed E-state index contributed by atoms with van der Waals surface area (Å²) in [5.41, 5.74) is 2.04. The summed E-state index contributed by atoms with van der Waals surface area (Å²) < 4.78 is 4.99. The van der Waals surface area contributed by atoms with Crippen molar-refractivity contribution in [2.24, 2.45) is 0 Å². The first-order valence-electron chi connectivity index (χ1n) is 8.38. The maximum atomic E-state index is 12.6. The number of thioether (sulfide) groups is 1. The third-order valence-corrected chi connectivity index (χ3v) is 4.80. The number of hydrogen-bond donors (Lipinski definition) is 0. The number of ether oxygens (including phenoxy) is 1. The van der Waals surface area contributed by atoms with Crippen molar-refractivity contribution < 1.29 is 14.3 Å². The van der Waals surface area contributed by atoms with Crippen molar-refractivity contribution in [3.8, 4) is 0 Å². The van der Waals surface area contributed by atoms with Crippen LogP contribution in [0, 0.1) is 0 Å². The molecule has 0 fully saturated rings. The molecule has 1 amide bonds. The van der Waals surface area contributed by atoms with Crippen molar-refractivity contribution in [3.05, 3.63) is 70.7 Å². The van der Waals surface area contributed by atoms with Crippen LogP contribution in [0.4, 0.5) is 0 Å². The van der Waals surface area contributed by atoms with Crippen LogP contribution in [0.5, 0.6) is 0 Å². The van der Waals surface area contributed by atoms with E-state index in [4.69, 9.17) is 16.3 Å². The first-order chi connectivity index (χ1) is 12.6. The number of benzene rings is 2. The molecule has 0 heterocycles. The molecule has 138 valence electrons. The first kappa shape index (κ1) is 20.3. The van der Waals surface area contributed by atoms with E-state index in [2.05, 4.69) is 0 Å². The van der Waals surface area contributed by atoms with Crippen LogP contribution >= 0.6 is 23.4 Å². The van der Waals surface area contributed by atoms with Gasteiger partial charge in [-0.05, 0) is 30.2 Å². The molecule has 0 unspecified atom stereocenters. The Balaban J connectivity index is 1.94. The largest absolute Gasteiger partial charge is 0.465 e. The average molecular weight is 392 g/mol. The number of nitrogens with zero attached hydrogens (tertiary/aromatic N) is 1. The van der Waals surface area contributed by atoms with E-state index in [1.165, 1.54) is 16.7 Å². The smallest absolute Gasteiger partial charge is 0.325 e. The van der Waals surface area contributed by atoms with Gasteiger partial charge in [0.2, 0.25) is 5.91 Å². The minimum Gasteiger partial charge on any atom is -0.465 e. The number of rotatable bonds is 9. The Kier molecular flexibility index (Phi) is 8.51. The molecule has 4 nitrogen and oxygen atoms in total. The van der Waals surface area contributed by atoms with Gasteiger partial charge in [-0.2, -0.15) is 0 Å². The van der Waals surface area contributed by atoms with E-state index in [1.54, 1.807) is 6.92 Å². The molecule has 0 saturated heterocycles. The van der Waals surface area contributed by atoms with E-state index in [0.29, 0.717) is 29.7 Å². The van der Waals surface area contributed by atoms with Gasteiger partial charge in [0.1, 0.15) is 6.54 Å². The number of amides is 1. The lowest BCUT2D eigenvalue weighted by molar-refractivity contribution is -0.148. The van der Waals surface area contributed by atoms with E-state index >= 15 is 0 Å². The molecule has 6 heteroatoms. The summed E-state index contributed by atoms with van der Waals surface area (Å²) in [6.07, 6.45) is 0. The van der Waals surface area contributed by atoms with Crippen LogP contribution in [0.3, 0.4) is 0 Å². The zero-order valence-corrected chi connectivity index (χ0v) is 16.3. The molecular formula is C20H22ClNO3S. The molecule has 26 heavy (non-hydrogen) atoms. The highest BCUT2D eigenvalue weighted by Crippen LogP contribution is 2.17. The molecular weight excluding hydrogens is 370 g/mol. The molecule has 2 aromatic rings. The maximum absolute atomic E-state index is 12.6. The number of carbonyl (C=O) groups excluding carboxylic acids is 2. The highest BCUT2D eigenvalue weighted by molar-refractivity contribution is 7.99. The van der Waals surface area contributed by atoms with Gasteiger partial charge in [0.05, 0.1) is 12.4 Å². The SMILES string of the molecule is CCOC(=O)CN(Cc1ccccc1)C(=O)CSCc1cccc(Cl)c1. The zero-order chi connectivity index (χ0) is 18.8. The van der Waals surface area contributed by atoms with Crippen molar-refractivity contribution in [1.29, 1.82) is 0 Å². The molecule has 0 atom stereocenters. The van der Waals surface area contributed by atoms with Crippen LogP contribution in [-0.4, -0.2) is 35.7 Å². The molecule has 0 aromatic heterocycles. The molecule has 0 aliphatic heterocycles. The molecule has 2 aromatic carbocycles. The van der Waals surface area contributed by atoms with Crippen LogP contribution in [0.2, 0.25) is 5.02 Å². The molecule has 0 saturated carbocycles. The predicted molar refractivity (Wildman–Crippen MR) is 106 cm³/mol. The number of esters is 1. The third-order valence-electron chi connectivity index (χ3n) is 3.58. The lowest BCUT2D eigenvalue weighted by atomic mass is 10.2. The van der Waals surface area contributed by atoms with Gasteiger partial charge in [-0.25, -0.2) is 0 Å². The highest BCUT2D eigenvalue weighted by atomic mass is 35.5. The van der Waals surface area contributed by atoms with Crippen molar-refractivity contribution in [2.45, 2.75) is 19.2 Å². The van der Waals surface area contributed by atoms with Crippen molar-refractivity contribution in [1.82, 2.24) is 4.90 Å². The van der Waals surface area contributed by atoms with Crippen LogP contribution in [0.25, 0.3) is 0 Å². The van der Waals surface area contributed by atoms with Crippen LogP contribution in [-0.2, 0) is 26.6 Å². The van der Waals surface area contributed by atoms with E-state index in [1.807, 2.05) is 54.6 Å². The molecule has 0 radical (unpaired) electrons. The van der Waals surface area contributed by atoms with Gasteiger partial charge in [-0.3, -0.25) is 9.59 Å². The van der Waals surface area contributed by atoms with Gasteiger partial charge in [0.25, 0.3) is 0 Å². The summed E-state index contributed by atoms with van der Waals surface area (Å²) >= 11 is 7.48. The molecule has 0 aliphatic carbocycles. The zero-order valence-electron chi connectivity index (χ0n) is 14.7. The average Bonchev–Trinajstić information content (AvgIpc) is 2.62. The first-order valence-corrected chi connectivity index (χ1v) is 9.91. The van der Waals surface area contributed by atoms with Crippen LogP contribution in [0.15, 0.2) is 54.6 Å². The minimum atomic E-state index is -0.392. The summed E-state index contributed by atoms with van der Waals surface area (Å²) in [5.74, 6) is 0.495. The van der Waals surface area contributed by atoms with Crippen molar-refractivity contribution in [2.75, 3.05) is 18.9 Å². The Morgan fingerprint density at radius 1 is 1.08 bits per heavy atom. The monoisotopic (exact) mass is 391 g/mol. The highest BCUT2D eigenvalue weighted by Gasteiger charge is 2.18. The molecule has 0 aliphatic rings. The molecule has 0 N–H and O–H groups in total. The maximum Gasteiger partial charge on any atom is 0.325 e. The number of halogens is 1. The van der Waals surface area contributed by atoms with Crippen LogP contribution in [0.1, 0.15) is 18.1 Å². The van der Waals surface area contributed by atoms with E-state index < -0.39 is 5.97 Å². The summed E-state index contributed by atoms with van der Waals surface area (Å²) in [7, 11) is 0. The van der Waals surface area contributed by atoms with Gasteiger partial charge < -0.3 is 9.64 Å². The second kappa shape index (κ2) is 10.9. The molecule has 0 bridgehead atoms. The van der Waals surface area contributed by atoms with Gasteiger partial charge in [0, 0.05) is 17.3 Å². The Bertz CT molecular complexity index is 724. The Morgan fingerprint density at radius 3 is 2.50 bits per heavy atom.